The lowest BCUT2D eigenvalue weighted by atomic mass is 9.96. The number of carbonyl (C=O) groups excluding carboxylic acids is 1. The standard InChI is InChI=1S/C28H22IN3O/c29-24-10-9-20-11-22(23-12-21-3-1-2-4-27(21)31-17-23)13-26(25(20)14-24)28(33)32-16-19-7-5-18(15-30)6-8-19/h1-14,17H,15-16,30H2,(H,32,33). The van der Waals surface area contributed by atoms with E-state index in [1.54, 1.807) is 0 Å². The van der Waals surface area contributed by atoms with Gasteiger partial charge in [-0.25, -0.2) is 0 Å². The summed E-state index contributed by atoms with van der Waals surface area (Å²) in [4.78, 5) is 17.9. The van der Waals surface area contributed by atoms with Crippen LogP contribution in [0, 0.1) is 3.57 Å². The molecule has 5 heteroatoms. The van der Waals surface area contributed by atoms with Crippen LogP contribution in [-0.2, 0) is 13.1 Å². The van der Waals surface area contributed by atoms with Crippen LogP contribution < -0.4 is 11.1 Å². The molecule has 0 unspecified atom stereocenters. The Balaban J connectivity index is 1.52. The van der Waals surface area contributed by atoms with Crippen molar-refractivity contribution in [3.63, 3.8) is 0 Å². The topological polar surface area (TPSA) is 68.0 Å². The molecule has 1 amide bonds. The van der Waals surface area contributed by atoms with Crippen LogP contribution in [-0.4, -0.2) is 10.9 Å². The number of para-hydroxylation sites is 1. The number of nitrogens with zero attached hydrogens (tertiary/aromatic N) is 1. The Morgan fingerprint density at radius 1 is 0.848 bits per heavy atom. The molecule has 0 aliphatic carbocycles. The fraction of sp³-hybridized carbons (Fsp3) is 0.0714. The number of pyridine rings is 1. The molecule has 0 saturated heterocycles. The van der Waals surface area contributed by atoms with Gasteiger partial charge < -0.3 is 11.1 Å². The van der Waals surface area contributed by atoms with Crippen LogP contribution in [0.4, 0.5) is 0 Å². The highest BCUT2D eigenvalue weighted by atomic mass is 127. The van der Waals surface area contributed by atoms with Gasteiger partial charge in [0.25, 0.3) is 5.91 Å². The molecule has 0 atom stereocenters. The Morgan fingerprint density at radius 3 is 2.42 bits per heavy atom. The molecule has 4 nitrogen and oxygen atoms in total. The third-order valence-electron chi connectivity index (χ3n) is 5.80. The van der Waals surface area contributed by atoms with Crippen molar-refractivity contribution in [2.24, 2.45) is 5.73 Å². The second-order valence-electron chi connectivity index (χ2n) is 8.01. The number of amides is 1. The summed E-state index contributed by atoms with van der Waals surface area (Å²) in [6.45, 7) is 0.963. The summed E-state index contributed by atoms with van der Waals surface area (Å²) in [5.74, 6) is -0.0968. The molecule has 0 bridgehead atoms. The number of nitrogens with one attached hydrogen (secondary N) is 1. The van der Waals surface area contributed by atoms with Gasteiger partial charge in [-0.1, -0.05) is 48.5 Å². The van der Waals surface area contributed by atoms with Gasteiger partial charge in [-0.05, 0) is 86.5 Å². The summed E-state index contributed by atoms with van der Waals surface area (Å²) in [6.07, 6.45) is 1.87. The van der Waals surface area contributed by atoms with Crippen LogP contribution >= 0.6 is 22.6 Å². The monoisotopic (exact) mass is 543 g/mol. The Morgan fingerprint density at radius 2 is 1.61 bits per heavy atom. The number of aromatic nitrogens is 1. The normalized spacial score (nSPS) is 11.1. The first-order valence-corrected chi connectivity index (χ1v) is 11.8. The van der Waals surface area contributed by atoms with Crippen molar-refractivity contribution in [3.05, 3.63) is 111 Å². The minimum atomic E-state index is -0.0968. The van der Waals surface area contributed by atoms with E-state index in [1.165, 1.54) is 0 Å². The maximum atomic E-state index is 13.3. The van der Waals surface area contributed by atoms with Crippen LogP contribution in [0.3, 0.4) is 0 Å². The molecule has 0 aliphatic rings. The lowest BCUT2D eigenvalue weighted by Crippen LogP contribution is -2.23. The van der Waals surface area contributed by atoms with Crippen LogP contribution in [0.25, 0.3) is 32.8 Å². The lowest BCUT2D eigenvalue weighted by Gasteiger charge is -2.12. The fourth-order valence-electron chi connectivity index (χ4n) is 3.98. The highest BCUT2D eigenvalue weighted by Crippen LogP contribution is 2.30. The summed E-state index contributed by atoms with van der Waals surface area (Å²) < 4.78 is 1.09. The minimum Gasteiger partial charge on any atom is -0.348 e. The van der Waals surface area contributed by atoms with Gasteiger partial charge in [0.2, 0.25) is 0 Å². The van der Waals surface area contributed by atoms with Crippen molar-refractivity contribution in [1.29, 1.82) is 0 Å². The number of benzene rings is 4. The number of fused-ring (bicyclic) bond motifs is 2. The molecule has 0 saturated carbocycles. The predicted molar refractivity (Wildman–Crippen MR) is 143 cm³/mol. The fourth-order valence-corrected chi connectivity index (χ4v) is 4.48. The van der Waals surface area contributed by atoms with Crippen molar-refractivity contribution in [2.75, 3.05) is 0 Å². The van der Waals surface area contributed by atoms with E-state index in [9.17, 15) is 4.79 Å². The Bertz CT molecular complexity index is 1480. The van der Waals surface area contributed by atoms with Gasteiger partial charge in [-0.15, -0.1) is 0 Å². The van der Waals surface area contributed by atoms with E-state index in [-0.39, 0.29) is 5.91 Å². The van der Waals surface area contributed by atoms with E-state index < -0.39 is 0 Å². The molecule has 4 aromatic carbocycles. The minimum absolute atomic E-state index is 0.0968. The van der Waals surface area contributed by atoms with Crippen molar-refractivity contribution in [1.82, 2.24) is 10.3 Å². The summed E-state index contributed by atoms with van der Waals surface area (Å²) in [7, 11) is 0. The van der Waals surface area contributed by atoms with E-state index in [0.29, 0.717) is 18.7 Å². The Kier molecular flexibility index (Phi) is 6.07. The zero-order valence-electron chi connectivity index (χ0n) is 17.9. The van der Waals surface area contributed by atoms with E-state index in [4.69, 9.17) is 5.73 Å². The molecule has 33 heavy (non-hydrogen) atoms. The van der Waals surface area contributed by atoms with Crippen LogP contribution in [0.1, 0.15) is 21.5 Å². The molecular formula is C28H22IN3O. The van der Waals surface area contributed by atoms with Crippen LogP contribution in [0.15, 0.2) is 91.1 Å². The average molecular weight is 543 g/mol. The molecule has 162 valence electrons. The maximum absolute atomic E-state index is 13.3. The number of hydrogen-bond acceptors (Lipinski definition) is 3. The van der Waals surface area contributed by atoms with E-state index in [1.807, 2.05) is 54.7 Å². The van der Waals surface area contributed by atoms with E-state index in [0.717, 1.165) is 47.5 Å². The first kappa shape index (κ1) is 21.6. The van der Waals surface area contributed by atoms with Gasteiger partial charge in [0.05, 0.1) is 5.52 Å². The van der Waals surface area contributed by atoms with Crippen molar-refractivity contribution in [2.45, 2.75) is 13.1 Å². The molecule has 5 rings (SSSR count). The molecule has 0 radical (unpaired) electrons. The summed E-state index contributed by atoms with van der Waals surface area (Å²) in [5, 5.41) is 6.12. The molecule has 0 aliphatic heterocycles. The molecule has 5 aromatic rings. The van der Waals surface area contributed by atoms with E-state index >= 15 is 0 Å². The maximum Gasteiger partial charge on any atom is 0.252 e. The van der Waals surface area contributed by atoms with Crippen LogP contribution in [0.2, 0.25) is 0 Å². The lowest BCUT2D eigenvalue weighted by molar-refractivity contribution is 0.0952. The predicted octanol–water partition coefficient (Wildman–Crippen LogP) is 6.05. The number of halogens is 1. The molecule has 1 heterocycles. The second-order valence-corrected chi connectivity index (χ2v) is 9.25. The van der Waals surface area contributed by atoms with Gasteiger partial charge in [0.15, 0.2) is 0 Å². The van der Waals surface area contributed by atoms with Gasteiger partial charge >= 0.3 is 0 Å². The Hall–Kier alpha value is -3.29. The molecule has 3 N–H and O–H groups in total. The zero-order chi connectivity index (χ0) is 22.8. The SMILES string of the molecule is NCc1ccc(CNC(=O)c2cc(-c3cnc4ccccc4c3)cc3ccc(I)cc23)cc1. The molecule has 1 aromatic heterocycles. The van der Waals surface area contributed by atoms with Crippen molar-refractivity contribution < 1.29 is 4.79 Å². The number of carbonyl (C=O) groups is 1. The smallest absolute Gasteiger partial charge is 0.252 e. The van der Waals surface area contributed by atoms with Gasteiger partial charge in [-0.3, -0.25) is 9.78 Å². The molecule has 0 fully saturated rings. The third-order valence-corrected chi connectivity index (χ3v) is 6.47. The van der Waals surface area contributed by atoms with Crippen molar-refractivity contribution >= 4 is 50.2 Å². The number of rotatable bonds is 5. The quantitative estimate of drug-likeness (QED) is 0.266. The van der Waals surface area contributed by atoms with Gasteiger partial charge in [0.1, 0.15) is 0 Å². The Labute approximate surface area is 206 Å². The third kappa shape index (κ3) is 4.60. The summed E-state index contributed by atoms with van der Waals surface area (Å²) >= 11 is 2.28. The van der Waals surface area contributed by atoms with Crippen LogP contribution in [0.5, 0.6) is 0 Å². The highest BCUT2D eigenvalue weighted by molar-refractivity contribution is 14.1. The molecule has 0 spiro atoms. The zero-order valence-corrected chi connectivity index (χ0v) is 20.0. The van der Waals surface area contributed by atoms with E-state index in [2.05, 4.69) is 69.3 Å². The first-order valence-electron chi connectivity index (χ1n) is 10.8. The summed E-state index contributed by atoms with van der Waals surface area (Å²) in [5.41, 5.74) is 11.4. The van der Waals surface area contributed by atoms with Gasteiger partial charge in [-0.2, -0.15) is 0 Å². The second kappa shape index (κ2) is 9.29. The first-order chi connectivity index (χ1) is 16.1. The average Bonchev–Trinajstić information content (AvgIpc) is 2.86. The largest absolute Gasteiger partial charge is 0.348 e. The molecular weight excluding hydrogens is 521 g/mol. The highest BCUT2D eigenvalue weighted by Gasteiger charge is 2.14. The van der Waals surface area contributed by atoms with Crippen molar-refractivity contribution in [3.8, 4) is 11.1 Å². The number of nitrogens with two attached hydrogens (primary N) is 1. The van der Waals surface area contributed by atoms with Gasteiger partial charge in [0, 0.05) is 39.4 Å². The summed E-state index contributed by atoms with van der Waals surface area (Å²) in [6, 6.07) is 28.4. The number of hydrogen-bond donors (Lipinski definition) is 2.